The summed E-state index contributed by atoms with van der Waals surface area (Å²) in [6.07, 6.45) is 19.9. The Hall–Kier alpha value is -1.31. The van der Waals surface area contributed by atoms with Gasteiger partial charge in [-0.2, -0.15) is 8.42 Å². The van der Waals surface area contributed by atoms with E-state index in [4.69, 9.17) is 8.37 Å². The predicted octanol–water partition coefficient (Wildman–Crippen LogP) is 9.34. The van der Waals surface area contributed by atoms with Crippen LogP contribution in [-0.2, 0) is 28.4 Å². The minimum absolute atomic E-state index is 0.0875. The summed E-state index contributed by atoms with van der Waals surface area (Å²) in [6, 6.07) is 0. The summed E-state index contributed by atoms with van der Waals surface area (Å²) in [7, 11) is -4.13. The number of Topliss-reactive ketones (excluding diaryl/α,β-unsaturated/α-hetero) is 2. The number of fused-ring (bicyclic) bond motifs is 10. The molecule has 0 radical (unpaired) electrons. The predicted molar refractivity (Wildman–Crippen MR) is 190 cm³/mol. The molecule has 0 aliphatic heterocycles. The Kier molecular flexibility index (Phi) is 8.41. The molecule has 8 aliphatic carbocycles. The maximum absolute atomic E-state index is 13.5. The van der Waals surface area contributed by atoms with Gasteiger partial charge in [-0.25, -0.2) is 8.37 Å². The van der Waals surface area contributed by atoms with Crippen LogP contribution >= 0.6 is 0 Å². The third-order valence-corrected chi connectivity index (χ3v) is 18.6. The molecule has 0 heterocycles. The van der Waals surface area contributed by atoms with Crippen LogP contribution in [0.25, 0.3) is 0 Å². The Labute approximate surface area is 296 Å². The Bertz CT molecular complexity index is 1450. The fourth-order valence-electron chi connectivity index (χ4n) is 15.1. The van der Waals surface area contributed by atoms with E-state index in [0.717, 1.165) is 64.2 Å². The summed E-state index contributed by atoms with van der Waals surface area (Å²) in [6.45, 7) is 13.2. The first-order chi connectivity index (χ1) is 23.1. The van der Waals surface area contributed by atoms with Crippen molar-refractivity contribution in [3.63, 3.8) is 0 Å². The van der Waals surface area contributed by atoms with Gasteiger partial charge < -0.3 is 0 Å². The van der Waals surface area contributed by atoms with Crippen molar-refractivity contribution in [2.24, 2.45) is 69.0 Å². The van der Waals surface area contributed by atoms with Gasteiger partial charge in [-0.3, -0.25) is 9.59 Å². The van der Waals surface area contributed by atoms with Crippen LogP contribution in [0.4, 0.5) is 0 Å². The van der Waals surface area contributed by atoms with Gasteiger partial charge in [0.1, 0.15) is 11.6 Å². The molecule has 0 N–H and O–H groups in total. The normalized spacial score (nSPS) is 50.4. The number of ketones is 2. The van der Waals surface area contributed by atoms with Gasteiger partial charge in [-0.15, -0.1) is 0 Å². The minimum atomic E-state index is -4.13. The summed E-state index contributed by atoms with van der Waals surface area (Å²) in [5, 5.41) is 0. The van der Waals surface area contributed by atoms with Crippen molar-refractivity contribution < 1.29 is 26.4 Å². The van der Waals surface area contributed by atoms with Crippen molar-refractivity contribution in [2.75, 3.05) is 0 Å². The van der Waals surface area contributed by atoms with Crippen LogP contribution in [-0.4, -0.2) is 32.2 Å². The van der Waals surface area contributed by atoms with Crippen molar-refractivity contribution in [2.45, 2.75) is 156 Å². The number of hydrogen-bond acceptors (Lipinski definition) is 6. The van der Waals surface area contributed by atoms with E-state index >= 15 is 0 Å². The monoisotopic (exact) mass is 694 g/mol. The highest BCUT2D eigenvalue weighted by Crippen LogP contribution is 2.68. The number of rotatable bonds is 6. The van der Waals surface area contributed by atoms with Crippen LogP contribution in [0.15, 0.2) is 23.3 Å². The molecule has 0 saturated heterocycles. The van der Waals surface area contributed by atoms with Crippen LogP contribution in [0, 0.1) is 69.0 Å². The van der Waals surface area contributed by atoms with E-state index in [0.29, 0.717) is 59.9 Å². The molecule has 6 saturated carbocycles. The lowest BCUT2D eigenvalue weighted by molar-refractivity contribution is -0.128. The summed E-state index contributed by atoms with van der Waals surface area (Å²) in [4.78, 5) is 25.1. The van der Waals surface area contributed by atoms with E-state index in [1.807, 2.05) is 0 Å². The Balaban J connectivity index is 0.902. The lowest BCUT2D eigenvalue weighted by atomic mass is 9.47. The van der Waals surface area contributed by atoms with Gasteiger partial charge in [0, 0.05) is 11.8 Å². The zero-order valence-electron chi connectivity index (χ0n) is 31.1. The van der Waals surface area contributed by atoms with Crippen LogP contribution in [0.5, 0.6) is 0 Å². The smallest absolute Gasteiger partial charge is 0.300 e. The van der Waals surface area contributed by atoms with E-state index < -0.39 is 10.4 Å². The minimum Gasteiger partial charge on any atom is -0.300 e. The topological polar surface area (TPSA) is 86.7 Å². The highest BCUT2D eigenvalue weighted by molar-refractivity contribution is 7.81. The molecule has 0 spiro atoms. The Morgan fingerprint density at radius 2 is 1.00 bits per heavy atom. The van der Waals surface area contributed by atoms with Crippen LogP contribution < -0.4 is 0 Å². The van der Waals surface area contributed by atoms with Gasteiger partial charge in [-0.1, -0.05) is 51.0 Å². The molecule has 272 valence electrons. The summed E-state index contributed by atoms with van der Waals surface area (Å²) in [5.74, 6) is 4.85. The van der Waals surface area contributed by atoms with Gasteiger partial charge in [0.2, 0.25) is 0 Å². The zero-order valence-corrected chi connectivity index (χ0v) is 31.9. The molecule has 6 fully saturated rings. The average molecular weight is 695 g/mol. The third kappa shape index (κ3) is 5.30. The van der Waals surface area contributed by atoms with E-state index in [2.05, 4.69) is 39.8 Å². The quantitative estimate of drug-likeness (QED) is 0.258. The molecular formula is C42H62O6S. The maximum atomic E-state index is 13.5. The fraction of sp³-hybridized carbons (Fsp3) is 0.857. The summed E-state index contributed by atoms with van der Waals surface area (Å²) < 4.78 is 38.7. The second-order valence-electron chi connectivity index (χ2n) is 19.4. The second kappa shape index (κ2) is 11.9. The third-order valence-electron chi connectivity index (χ3n) is 17.6. The SMILES string of the molecule is CC(=O)C1CCC2C3CC=C4CC(OS(=O)(=O)OC5CCC6(C)C(=CCC7C6CCC6(C)C(C(C)=O)CCC76)C5)CCC4(C)C3CCC12C. The lowest BCUT2D eigenvalue weighted by Gasteiger charge is -2.58. The number of hydrogen-bond donors (Lipinski definition) is 0. The molecule has 8 rings (SSSR count). The van der Waals surface area contributed by atoms with Gasteiger partial charge in [0.25, 0.3) is 0 Å². The van der Waals surface area contributed by atoms with E-state index in [1.54, 1.807) is 13.8 Å². The fourth-order valence-corrected chi connectivity index (χ4v) is 16.2. The van der Waals surface area contributed by atoms with Gasteiger partial charge in [0.05, 0.1) is 12.2 Å². The van der Waals surface area contributed by atoms with Crippen molar-refractivity contribution in [1.29, 1.82) is 0 Å². The lowest BCUT2D eigenvalue weighted by Crippen LogP contribution is -2.51. The Morgan fingerprint density at radius 3 is 1.39 bits per heavy atom. The Morgan fingerprint density at radius 1 is 0.592 bits per heavy atom. The average Bonchev–Trinajstić information content (AvgIpc) is 3.58. The first-order valence-corrected chi connectivity index (χ1v) is 21.4. The van der Waals surface area contributed by atoms with Crippen LogP contribution in [0.2, 0.25) is 0 Å². The van der Waals surface area contributed by atoms with Gasteiger partial charge in [0.15, 0.2) is 0 Å². The van der Waals surface area contributed by atoms with Crippen LogP contribution in [0.1, 0.15) is 144 Å². The molecule has 0 amide bonds. The molecule has 0 aromatic rings. The molecule has 7 heteroatoms. The maximum Gasteiger partial charge on any atom is 0.400 e. The molecule has 0 aromatic heterocycles. The van der Waals surface area contributed by atoms with E-state index in [9.17, 15) is 18.0 Å². The van der Waals surface area contributed by atoms with Gasteiger partial charge >= 0.3 is 10.4 Å². The van der Waals surface area contributed by atoms with Crippen LogP contribution in [0.3, 0.4) is 0 Å². The highest BCUT2D eigenvalue weighted by Gasteiger charge is 2.61. The molecule has 14 unspecified atom stereocenters. The number of carbonyl (C=O) groups excluding carboxylic acids is 2. The molecule has 14 atom stereocenters. The van der Waals surface area contributed by atoms with E-state index in [1.165, 1.54) is 36.8 Å². The summed E-state index contributed by atoms with van der Waals surface area (Å²) >= 11 is 0. The zero-order chi connectivity index (χ0) is 34.7. The molecule has 49 heavy (non-hydrogen) atoms. The first-order valence-electron chi connectivity index (χ1n) is 20.1. The van der Waals surface area contributed by atoms with E-state index in [-0.39, 0.29) is 45.7 Å². The molecule has 0 aromatic carbocycles. The van der Waals surface area contributed by atoms with Crippen molar-refractivity contribution >= 4 is 22.0 Å². The largest absolute Gasteiger partial charge is 0.400 e. The second-order valence-corrected chi connectivity index (χ2v) is 20.6. The van der Waals surface area contributed by atoms with Crippen molar-refractivity contribution in [1.82, 2.24) is 0 Å². The molecule has 6 nitrogen and oxygen atoms in total. The highest BCUT2D eigenvalue weighted by atomic mass is 32.3. The molecule has 8 aliphatic rings. The first kappa shape index (κ1) is 34.8. The molecule has 0 bridgehead atoms. The van der Waals surface area contributed by atoms with Gasteiger partial charge in [-0.05, 0) is 174 Å². The van der Waals surface area contributed by atoms with Crippen molar-refractivity contribution in [3.8, 4) is 0 Å². The van der Waals surface area contributed by atoms with Crippen molar-refractivity contribution in [3.05, 3.63) is 23.3 Å². The summed E-state index contributed by atoms with van der Waals surface area (Å²) in [5.41, 5.74) is 3.23. The molecular weight excluding hydrogens is 633 g/mol. The standard InChI is InChI=1S/C42H62O6S/c1-25(43)33-11-13-35-31-9-7-27-23-29(15-19-39(27,3)37(31)17-21-41(33,35)5)47-49(45,46)48-30-16-20-40(4)28(24-30)8-10-32-36-14-12-34(26(2)44)42(36,6)22-18-38(32)40/h7-8,29-38H,9-24H2,1-6H3. The number of allylic oxidation sites excluding steroid dienone is 2. The number of carbonyl (C=O) groups is 2.